The topological polar surface area (TPSA) is 75.3 Å². The van der Waals surface area contributed by atoms with Gasteiger partial charge in [-0.05, 0) is 73.2 Å². The second-order valence-electron chi connectivity index (χ2n) is 7.69. The molecule has 0 heterocycles. The van der Waals surface area contributed by atoms with Crippen LogP contribution in [0.15, 0.2) is 71.6 Å². The molecular formula is C24H23ClN2O3S. The van der Waals surface area contributed by atoms with E-state index >= 15 is 0 Å². The summed E-state index contributed by atoms with van der Waals surface area (Å²) < 4.78 is 28.1. The number of hydrogen-bond acceptors (Lipinski definition) is 3. The van der Waals surface area contributed by atoms with Crippen molar-refractivity contribution in [2.45, 2.75) is 37.1 Å². The number of anilines is 1. The Morgan fingerprint density at radius 2 is 1.71 bits per heavy atom. The summed E-state index contributed by atoms with van der Waals surface area (Å²) in [6.07, 6.45) is 3.34. The predicted molar refractivity (Wildman–Crippen MR) is 123 cm³/mol. The molecule has 1 aliphatic rings. The van der Waals surface area contributed by atoms with Crippen molar-refractivity contribution in [3.8, 4) is 0 Å². The summed E-state index contributed by atoms with van der Waals surface area (Å²) in [6.45, 7) is 1.92. The summed E-state index contributed by atoms with van der Waals surface area (Å²) in [5.74, 6) is -0.360. The highest BCUT2D eigenvalue weighted by atomic mass is 35.5. The number of sulfonamides is 1. The van der Waals surface area contributed by atoms with Crippen molar-refractivity contribution < 1.29 is 13.2 Å². The first-order chi connectivity index (χ1) is 14.8. The lowest BCUT2D eigenvalue weighted by Crippen LogP contribution is -2.27. The fraction of sp³-hybridized carbons (Fsp3) is 0.208. The van der Waals surface area contributed by atoms with E-state index in [1.165, 1.54) is 35.7 Å². The molecule has 4 rings (SSSR count). The minimum atomic E-state index is -3.95. The number of carbonyl (C=O) groups is 1. The van der Waals surface area contributed by atoms with E-state index in [1.54, 1.807) is 30.3 Å². The molecule has 0 aliphatic heterocycles. The summed E-state index contributed by atoms with van der Waals surface area (Å²) in [7, 11) is -3.95. The zero-order valence-electron chi connectivity index (χ0n) is 17.1. The maximum absolute atomic E-state index is 12.8. The number of hydrogen-bond donors (Lipinski definition) is 2. The Hall–Kier alpha value is -2.83. The third kappa shape index (κ3) is 4.75. The van der Waals surface area contributed by atoms with Crippen LogP contribution in [0.25, 0.3) is 0 Å². The van der Waals surface area contributed by atoms with Crippen LogP contribution in [0.4, 0.5) is 5.69 Å². The first kappa shape index (κ1) is 21.4. The maximum Gasteiger partial charge on any atom is 0.263 e. The van der Waals surface area contributed by atoms with Gasteiger partial charge in [0.15, 0.2) is 0 Å². The SMILES string of the molecule is C[C@H](NC(=O)c1ccc(Cl)c(S(=O)(=O)Nc2ccccc2)c1)c1ccc2c(c1)CCC2. The highest BCUT2D eigenvalue weighted by Gasteiger charge is 2.21. The van der Waals surface area contributed by atoms with Crippen LogP contribution >= 0.6 is 11.6 Å². The van der Waals surface area contributed by atoms with E-state index in [0.717, 1.165) is 18.4 Å². The Kier molecular flexibility index (Phi) is 6.03. The molecule has 0 bridgehead atoms. The lowest BCUT2D eigenvalue weighted by Gasteiger charge is -2.16. The molecule has 0 radical (unpaired) electrons. The molecule has 3 aromatic rings. The Labute approximate surface area is 187 Å². The maximum atomic E-state index is 12.8. The van der Waals surface area contributed by atoms with Crippen molar-refractivity contribution in [1.29, 1.82) is 0 Å². The van der Waals surface area contributed by atoms with Crippen molar-refractivity contribution in [3.63, 3.8) is 0 Å². The summed E-state index contributed by atoms with van der Waals surface area (Å²) in [5.41, 5.74) is 4.39. The number of halogens is 1. The van der Waals surface area contributed by atoms with E-state index in [2.05, 4.69) is 22.2 Å². The third-order valence-corrected chi connectivity index (χ3v) is 7.34. The van der Waals surface area contributed by atoms with Crippen molar-refractivity contribution in [2.24, 2.45) is 0 Å². The zero-order valence-corrected chi connectivity index (χ0v) is 18.6. The van der Waals surface area contributed by atoms with Gasteiger partial charge >= 0.3 is 0 Å². The fourth-order valence-electron chi connectivity index (χ4n) is 3.79. The largest absolute Gasteiger partial charge is 0.346 e. The molecule has 5 nitrogen and oxygen atoms in total. The van der Waals surface area contributed by atoms with E-state index < -0.39 is 10.0 Å². The lowest BCUT2D eigenvalue weighted by atomic mass is 10.0. The summed E-state index contributed by atoms with van der Waals surface area (Å²) in [5, 5.41) is 3.00. The first-order valence-electron chi connectivity index (χ1n) is 10.1. The van der Waals surface area contributed by atoms with Crippen LogP contribution in [-0.4, -0.2) is 14.3 Å². The van der Waals surface area contributed by atoms with Crippen LogP contribution in [0.1, 0.15) is 46.4 Å². The highest BCUT2D eigenvalue weighted by molar-refractivity contribution is 7.92. The monoisotopic (exact) mass is 454 g/mol. The Balaban J connectivity index is 1.54. The summed E-state index contributed by atoms with van der Waals surface area (Å²) in [6, 6.07) is 18.9. The van der Waals surface area contributed by atoms with Crippen LogP contribution in [0, 0.1) is 0 Å². The molecule has 1 atom stereocenters. The van der Waals surface area contributed by atoms with Gasteiger partial charge in [-0.1, -0.05) is 48.0 Å². The standard InChI is InChI=1S/C24H23ClN2O3S/c1-16(18-11-10-17-6-5-7-19(17)14-18)26-24(28)20-12-13-22(25)23(15-20)31(29,30)27-21-8-3-2-4-9-21/h2-4,8-16,27H,5-7H2,1H3,(H,26,28)/t16-/m0/s1. The zero-order chi connectivity index (χ0) is 22.0. The average molecular weight is 455 g/mol. The van der Waals surface area contributed by atoms with Crippen LogP contribution in [0.5, 0.6) is 0 Å². The van der Waals surface area contributed by atoms with Crippen LogP contribution in [0.3, 0.4) is 0 Å². The molecule has 0 saturated carbocycles. The molecule has 0 spiro atoms. The fourth-order valence-corrected chi connectivity index (χ4v) is 5.38. The van der Waals surface area contributed by atoms with E-state index in [4.69, 9.17) is 11.6 Å². The van der Waals surface area contributed by atoms with Gasteiger partial charge in [0.05, 0.1) is 11.1 Å². The molecule has 0 unspecified atom stereocenters. The number of nitrogens with one attached hydrogen (secondary N) is 2. The van der Waals surface area contributed by atoms with Crippen molar-refractivity contribution >= 4 is 33.2 Å². The van der Waals surface area contributed by atoms with Gasteiger partial charge < -0.3 is 5.32 Å². The van der Waals surface area contributed by atoms with Gasteiger partial charge in [-0.2, -0.15) is 0 Å². The van der Waals surface area contributed by atoms with Gasteiger partial charge in [0.25, 0.3) is 15.9 Å². The summed E-state index contributed by atoms with van der Waals surface area (Å²) in [4.78, 5) is 12.7. The van der Waals surface area contributed by atoms with Crippen molar-refractivity contribution in [2.75, 3.05) is 4.72 Å². The second-order valence-corrected chi connectivity index (χ2v) is 9.75. The minimum absolute atomic E-state index is 0.0478. The Morgan fingerprint density at radius 3 is 2.48 bits per heavy atom. The molecule has 3 aromatic carbocycles. The Bertz CT molecular complexity index is 1230. The van der Waals surface area contributed by atoms with Gasteiger partial charge in [-0.3, -0.25) is 9.52 Å². The molecule has 2 N–H and O–H groups in total. The average Bonchev–Trinajstić information content (AvgIpc) is 3.22. The minimum Gasteiger partial charge on any atom is -0.346 e. The molecule has 1 aliphatic carbocycles. The number of aryl methyl sites for hydroxylation is 2. The van der Waals surface area contributed by atoms with Crippen LogP contribution in [0.2, 0.25) is 5.02 Å². The predicted octanol–water partition coefficient (Wildman–Crippen LogP) is 5.12. The van der Waals surface area contributed by atoms with E-state index in [-0.39, 0.29) is 27.4 Å². The van der Waals surface area contributed by atoms with Crippen LogP contribution in [-0.2, 0) is 22.9 Å². The van der Waals surface area contributed by atoms with Crippen molar-refractivity contribution in [3.05, 3.63) is 94.0 Å². The van der Waals surface area contributed by atoms with E-state index in [1.807, 2.05) is 13.0 Å². The van der Waals surface area contributed by atoms with Gasteiger partial charge in [-0.25, -0.2) is 8.42 Å². The number of benzene rings is 3. The second kappa shape index (κ2) is 8.73. The molecule has 0 fully saturated rings. The van der Waals surface area contributed by atoms with E-state index in [0.29, 0.717) is 5.69 Å². The van der Waals surface area contributed by atoms with E-state index in [9.17, 15) is 13.2 Å². The van der Waals surface area contributed by atoms with Crippen LogP contribution < -0.4 is 10.0 Å². The smallest absolute Gasteiger partial charge is 0.263 e. The van der Waals surface area contributed by atoms with Gasteiger partial charge in [0.1, 0.15) is 4.90 Å². The van der Waals surface area contributed by atoms with Crippen molar-refractivity contribution in [1.82, 2.24) is 5.32 Å². The lowest BCUT2D eigenvalue weighted by molar-refractivity contribution is 0.0939. The third-order valence-electron chi connectivity index (χ3n) is 5.48. The van der Waals surface area contributed by atoms with Gasteiger partial charge in [0.2, 0.25) is 0 Å². The first-order valence-corrected chi connectivity index (χ1v) is 12.0. The van der Waals surface area contributed by atoms with Gasteiger partial charge in [0, 0.05) is 11.3 Å². The molecule has 1 amide bonds. The molecule has 0 saturated heterocycles. The normalized spacial score (nSPS) is 14.0. The quantitative estimate of drug-likeness (QED) is 0.542. The molecule has 160 valence electrons. The number of amides is 1. The number of fused-ring (bicyclic) bond motifs is 1. The number of rotatable bonds is 6. The molecule has 0 aromatic heterocycles. The number of para-hydroxylation sites is 1. The Morgan fingerprint density at radius 1 is 0.968 bits per heavy atom. The van der Waals surface area contributed by atoms with Gasteiger partial charge in [-0.15, -0.1) is 0 Å². The number of carbonyl (C=O) groups excluding carboxylic acids is 1. The molecule has 7 heteroatoms. The molecule has 31 heavy (non-hydrogen) atoms. The summed E-state index contributed by atoms with van der Waals surface area (Å²) >= 11 is 6.16. The molecular weight excluding hydrogens is 432 g/mol. The highest BCUT2D eigenvalue weighted by Crippen LogP contribution is 2.27.